The smallest absolute Gasteiger partial charge is 0.256 e. The minimum absolute atomic E-state index is 0.173. The van der Waals surface area contributed by atoms with Crippen molar-refractivity contribution in [3.05, 3.63) is 29.3 Å². The fourth-order valence-corrected chi connectivity index (χ4v) is 2.73. The first-order valence-electron chi connectivity index (χ1n) is 7.29. The van der Waals surface area contributed by atoms with Crippen LogP contribution in [0.1, 0.15) is 49.0 Å². The molecule has 2 rings (SSSR count). The highest BCUT2D eigenvalue weighted by molar-refractivity contribution is 6.00. The van der Waals surface area contributed by atoms with Crippen LogP contribution in [-0.4, -0.2) is 29.9 Å². The van der Waals surface area contributed by atoms with Gasteiger partial charge < -0.3 is 10.2 Å². The number of nitrogens with zero attached hydrogens (tertiary/aromatic N) is 1. The van der Waals surface area contributed by atoms with Crippen LogP contribution in [0.15, 0.2) is 18.2 Å². The molecule has 0 spiro atoms. The fourth-order valence-electron chi connectivity index (χ4n) is 2.73. The van der Waals surface area contributed by atoms with Crippen LogP contribution in [0.2, 0.25) is 0 Å². The quantitative estimate of drug-likeness (QED) is 0.903. The van der Waals surface area contributed by atoms with Crippen molar-refractivity contribution in [3.63, 3.8) is 0 Å². The summed E-state index contributed by atoms with van der Waals surface area (Å²) in [6, 6.07) is 6.42. The van der Waals surface area contributed by atoms with Gasteiger partial charge in [0.25, 0.3) is 5.91 Å². The van der Waals surface area contributed by atoms with Gasteiger partial charge in [-0.25, -0.2) is 0 Å². The Kier molecular flexibility index (Phi) is 4.46. The van der Waals surface area contributed by atoms with E-state index in [-0.39, 0.29) is 5.91 Å². The van der Waals surface area contributed by atoms with Crippen molar-refractivity contribution in [3.8, 4) is 0 Å². The number of anilines is 1. The number of aryl methyl sites for hydroxylation is 1. The molecule has 1 atom stereocenters. The number of likely N-dealkylation sites (tertiary alicyclic amines) is 1. The summed E-state index contributed by atoms with van der Waals surface area (Å²) in [7, 11) is 0. The van der Waals surface area contributed by atoms with Gasteiger partial charge in [-0.15, -0.1) is 0 Å². The first kappa shape index (κ1) is 13.9. The second-order valence-corrected chi connectivity index (χ2v) is 5.42. The Labute approximate surface area is 116 Å². The molecule has 0 aliphatic carbocycles. The van der Waals surface area contributed by atoms with Crippen LogP contribution in [0, 0.1) is 6.92 Å². The van der Waals surface area contributed by atoms with Gasteiger partial charge >= 0.3 is 0 Å². The lowest BCUT2D eigenvalue weighted by molar-refractivity contribution is 0.0636. The second-order valence-electron chi connectivity index (χ2n) is 5.42. The molecule has 1 aliphatic rings. The summed E-state index contributed by atoms with van der Waals surface area (Å²) < 4.78 is 0. The predicted octanol–water partition coefficient (Wildman–Crippen LogP) is 3.44. The van der Waals surface area contributed by atoms with E-state index in [2.05, 4.69) is 25.2 Å². The minimum Gasteiger partial charge on any atom is -0.385 e. The zero-order valence-corrected chi connectivity index (χ0v) is 12.2. The van der Waals surface area contributed by atoms with Crippen LogP contribution in [0.5, 0.6) is 0 Å². The van der Waals surface area contributed by atoms with E-state index < -0.39 is 0 Å². The molecule has 1 fully saturated rings. The Balaban J connectivity index is 2.28. The molecule has 19 heavy (non-hydrogen) atoms. The Morgan fingerprint density at radius 3 is 2.89 bits per heavy atom. The zero-order valence-electron chi connectivity index (χ0n) is 12.2. The second kappa shape index (κ2) is 6.09. The van der Waals surface area contributed by atoms with E-state index in [0.717, 1.165) is 42.7 Å². The SMILES string of the molecule is CCNc1ccc(C)cc1C(=O)N1CCCCC1C. The number of hydrogen-bond acceptors (Lipinski definition) is 2. The predicted molar refractivity (Wildman–Crippen MR) is 79.7 cm³/mol. The topological polar surface area (TPSA) is 32.3 Å². The molecular weight excluding hydrogens is 236 g/mol. The van der Waals surface area contributed by atoms with Crippen molar-refractivity contribution in [2.45, 2.75) is 46.1 Å². The molecule has 3 nitrogen and oxygen atoms in total. The van der Waals surface area contributed by atoms with Gasteiger partial charge in [-0.05, 0) is 52.2 Å². The molecule has 3 heteroatoms. The van der Waals surface area contributed by atoms with Gasteiger partial charge in [-0.3, -0.25) is 4.79 Å². The lowest BCUT2D eigenvalue weighted by Gasteiger charge is -2.34. The number of carbonyl (C=O) groups is 1. The highest BCUT2D eigenvalue weighted by Gasteiger charge is 2.25. The molecule has 1 aromatic rings. The standard InChI is InChI=1S/C16H24N2O/c1-4-17-15-9-8-12(2)11-14(15)16(19)18-10-6-5-7-13(18)3/h8-9,11,13,17H,4-7,10H2,1-3H3. The van der Waals surface area contributed by atoms with Crippen molar-refractivity contribution >= 4 is 11.6 Å². The third kappa shape index (κ3) is 3.09. The molecule has 0 bridgehead atoms. The summed E-state index contributed by atoms with van der Waals surface area (Å²) in [5.74, 6) is 0.173. The van der Waals surface area contributed by atoms with Crippen LogP contribution in [0.3, 0.4) is 0 Å². The van der Waals surface area contributed by atoms with Crippen LogP contribution >= 0.6 is 0 Å². The largest absolute Gasteiger partial charge is 0.385 e. The fraction of sp³-hybridized carbons (Fsp3) is 0.562. The molecule has 1 heterocycles. The molecule has 0 aromatic heterocycles. The van der Waals surface area contributed by atoms with E-state index in [1.807, 2.05) is 24.0 Å². The number of benzene rings is 1. The highest BCUT2D eigenvalue weighted by Crippen LogP contribution is 2.24. The number of amides is 1. The first-order chi connectivity index (χ1) is 9.13. The lowest BCUT2D eigenvalue weighted by atomic mass is 10.0. The summed E-state index contributed by atoms with van der Waals surface area (Å²) in [4.78, 5) is 14.8. The number of rotatable bonds is 3. The van der Waals surface area contributed by atoms with Gasteiger partial charge in [0.15, 0.2) is 0 Å². The van der Waals surface area contributed by atoms with E-state index in [1.165, 1.54) is 6.42 Å². The highest BCUT2D eigenvalue weighted by atomic mass is 16.2. The van der Waals surface area contributed by atoms with E-state index in [9.17, 15) is 4.79 Å². The van der Waals surface area contributed by atoms with Gasteiger partial charge in [-0.1, -0.05) is 11.6 Å². The normalized spacial score (nSPS) is 19.3. The van der Waals surface area contributed by atoms with E-state index in [4.69, 9.17) is 0 Å². The molecule has 1 amide bonds. The van der Waals surface area contributed by atoms with Crippen molar-refractivity contribution in [1.29, 1.82) is 0 Å². The van der Waals surface area contributed by atoms with Crippen molar-refractivity contribution in [2.24, 2.45) is 0 Å². The van der Waals surface area contributed by atoms with E-state index in [1.54, 1.807) is 0 Å². The maximum atomic E-state index is 12.7. The monoisotopic (exact) mass is 260 g/mol. The first-order valence-corrected chi connectivity index (χ1v) is 7.29. The molecule has 1 N–H and O–H groups in total. The van der Waals surface area contributed by atoms with Crippen LogP contribution in [0.25, 0.3) is 0 Å². The van der Waals surface area contributed by atoms with Crippen LogP contribution in [0.4, 0.5) is 5.69 Å². The Morgan fingerprint density at radius 2 is 2.21 bits per heavy atom. The molecule has 0 radical (unpaired) electrons. The maximum absolute atomic E-state index is 12.7. The number of hydrogen-bond donors (Lipinski definition) is 1. The molecule has 1 aliphatic heterocycles. The van der Waals surface area contributed by atoms with Crippen LogP contribution in [-0.2, 0) is 0 Å². The van der Waals surface area contributed by atoms with Gasteiger partial charge in [0.2, 0.25) is 0 Å². The maximum Gasteiger partial charge on any atom is 0.256 e. The lowest BCUT2D eigenvalue weighted by Crippen LogP contribution is -2.42. The van der Waals surface area contributed by atoms with Crippen molar-refractivity contribution in [2.75, 3.05) is 18.4 Å². The number of nitrogens with one attached hydrogen (secondary N) is 1. The zero-order chi connectivity index (χ0) is 13.8. The van der Waals surface area contributed by atoms with Crippen molar-refractivity contribution in [1.82, 2.24) is 4.90 Å². The summed E-state index contributed by atoms with van der Waals surface area (Å²) in [5, 5.41) is 3.29. The molecule has 0 saturated carbocycles. The molecule has 1 aromatic carbocycles. The van der Waals surface area contributed by atoms with Gasteiger partial charge in [0, 0.05) is 24.8 Å². The van der Waals surface area contributed by atoms with Gasteiger partial charge in [0.1, 0.15) is 0 Å². The average molecular weight is 260 g/mol. The molecule has 1 unspecified atom stereocenters. The van der Waals surface area contributed by atoms with E-state index in [0.29, 0.717) is 6.04 Å². The van der Waals surface area contributed by atoms with Gasteiger partial charge in [0.05, 0.1) is 5.56 Å². The summed E-state index contributed by atoms with van der Waals surface area (Å²) in [5.41, 5.74) is 2.90. The number of carbonyl (C=O) groups excluding carboxylic acids is 1. The molecule has 1 saturated heterocycles. The Morgan fingerprint density at radius 1 is 1.42 bits per heavy atom. The van der Waals surface area contributed by atoms with Crippen molar-refractivity contribution < 1.29 is 4.79 Å². The van der Waals surface area contributed by atoms with Crippen LogP contribution < -0.4 is 5.32 Å². The molecule has 104 valence electrons. The summed E-state index contributed by atoms with van der Waals surface area (Å²) >= 11 is 0. The Bertz CT molecular complexity index is 456. The minimum atomic E-state index is 0.173. The summed E-state index contributed by atoms with van der Waals surface area (Å²) in [6.45, 7) is 7.96. The third-order valence-corrected chi connectivity index (χ3v) is 3.84. The third-order valence-electron chi connectivity index (χ3n) is 3.84. The summed E-state index contributed by atoms with van der Waals surface area (Å²) in [6.07, 6.45) is 3.48. The average Bonchev–Trinajstić information content (AvgIpc) is 2.41. The Hall–Kier alpha value is -1.51. The van der Waals surface area contributed by atoms with E-state index >= 15 is 0 Å². The van der Waals surface area contributed by atoms with Gasteiger partial charge in [-0.2, -0.15) is 0 Å². The number of piperidine rings is 1. The molecular formula is C16H24N2O.